The zero-order valence-corrected chi connectivity index (χ0v) is 31.9. The van der Waals surface area contributed by atoms with Gasteiger partial charge in [-0.2, -0.15) is 0 Å². The fourth-order valence-corrected chi connectivity index (χ4v) is 6.31. The first-order chi connectivity index (χ1) is 26.6. The van der Waals surface area contributed by atoms with Gasteiger partial charge < -0.3 is 59.3 Å². The molecule has 0 spiro atoms. The van der Waals surface area contributed by atoms with Gasteiger partial charge in [-0.3, -0.25) is 33.8 Å². The van der Waals surface area contributed by atoms with E-state index in [1.54, 1.807) is 42.5 Å². The molecule has 1 fully saturated rings. The van der Waals surface area contributed by atoms with E-state index in [1.807, 2.05) is 13.8 Å². The lowest BCUT2D eigenvalue weighted by molar-refractivity contribution is -0.143. The van der Waals surface area contributed by atoms with Crippen LogP contribution in [0.5, 0.6) is 5.75 Å². The molecular weight excluding hydrogens is 724 g/mol. The lowest BCUT2D eigenvalue weighted by Gasteiger charge is -2.30. The predicted octanol–water partition coefficient (Wildman–Crippen LogP) is -1.99. The number of aliphatic hydroxyl groups excluding tert-OH is 1. The molecule has 0 aliphatic carbocycles. The molecule has 1 aliphatic rings. The standard InChI is InChI=1S/C38H56N10O8/c1-22(2)18-28(32(40)51)45-34(53)27(10-6-16-43-38(41)42)44-36(55)31-11-7-17-48(31)37(56)30(21-49)47-35(54)29(20-23-8-4-3-5-9-23)46-33(52)26(39)19-24-12-14-25(50)15-13-24/h3-5,8-9,12-15,22,26-31,49-50H,6-7,10-11,16-21,39H2,1-2H3,(H2,40,51)(H,44,55)(H,45,53)(H,46,52)(H,47,54)(H4,41,42,43)/t26-,27-,28-,29-,30-,31-/m0/s1. The van der Waals surface area contributed by atoms with Crippen molar-refractivity contribution in [3.05, 3.63) is 65.7 Å². The number of aliphatic hydroxyl groups is 1. The summed E-state index contributed by atoms with van der Waals surface area (Å²) < 4.78 is 0. The molecule has 18 nitrogen and oxygen atoms in total. The van der Waals surface area contributed by atoms with Crippen LogP contribution in [0.15, 0.2) is 59.6 Å². The summed E-state index contributed by atoms with van der Waals surface area (Å²) in [4.78, 5) is 85.2. The van der Waals surface area contributed by atoms with Gasteiger partial charge in [0.15, 0.2) is 5.96 Å². The monoisotopic (exact) mass is 780 g/mol. The van der Waals surface area contributed by atoms with Gasteiger partial charge >= 0.3 is 0 Å². The van der Waals surface area contributed by atoms with Crippen molar-refractivity contribution in [1.29, 1.82) is 0 Å². The maximum Gasteiger partial charge on any atom is 0.248 e. The zero-order chi connectivity index (χ0) is 41.4. The molecule has 0 radical (unpaired) electrons. The van der Waals surface area contributed by atoms with Gasteiger partial charge in [0.25, 0.3) is 0 Å². The molecule has 56 heavy (non-hydrogen) atoms. The predicted molar refractivity (Wildman–Crippen MR) is 208 cm³/mol. The van der Waals surface area contributed by atoms with Crippen molar-refractivity contribution < 1.29 is 39.0 Å². The molecule has 18 heteroatoms. The number of nitrogens with zero attached hydrogens (tertiary/aromatic N) is 2. The molecule has 14 N–H and O–H groups in total. The number of phenolic OH excluding ortho intramolecular Hbond substituents is 1. The third-order valence-corrected chi connectivity index (χ3v) is 9.23. The number of amides is 6. The number of hydrogen-bond acceptors (Lipinski definition) is 10. The number of guanidine groups is 1. The van der Waals surface area contributed by atoms with Crippen LogP contribution in [0.1, 0.15) is 57.1 Å². The van der Waals surface area contributed by atoms with E-state index in [9.17, 15) is 39.0 Å². The largest absolute Gasteiger partial charge is 0.508 e. The van der Waals surface area contributed by atoms with Crippen molar-refractivity contribution in [3.63, 3.8) is 0 Å². The van der Waals surface area contributed by atoms with Crippen LogP contribution in [0.4, 0.5) is 0 Å². The van der Waals surface area contributed by atoms with Crippen molar-refractivity contribution in [3.8, 4) is 5.75 Å². The van der Waals surface area contributed by atoms with Crippen LogP contribution in [0.2, 0.25) is 0 Å². The topological polar surface area (TPSA) is 311 Å². The molecule has 1 heterocycles. The van der Waals surface area contributed by atoms with E-state index < -0.39 is 78.3 Å². The smallest absolute Gasteiger partial charge is 0.248 e. The lowest BCUT2D eigenvalue weighted by atomic mass is 10.0. The highest BCUT2D eigenvalue weighted by Crippen LogP contribution is 2.20. The molecule has 6 amide bonds. The molecule has 2 aromatic carbocycles. The minimum Gasteiger partial charge on any atom is -0.508 e. The van der Waals surface area contributed by atoms with Gasteiger partial charge in [0, 0.05) is 19.5 Å². The van der Waals surface area contributed by atoms with Gasteiger partial charge in [0.05, 0.1) is 12.6 Å². The summed E-state index contributed by atoms with van der Waals surface area (Å²) >= 11 is 0. The van der Waals surface area contributed by atoms with E-state index in [4.69, 9.17) is 22.9 Å². The number of phenols is 1. The van der Waals surface area contributed by atoms with Crippen molar-refractivity contribution >= 4 is 41.4 Å². The number of rotatable bonds is 21. The number of carbonyl (C=O) groups excluding carboxylic acids is 6. The molecule has 3 rings (SSSR count). The summed E-state index contributed by atoms with van der Waals surface area (Å²) in [6, 6.07) is 8.11. The quantitative estimate of drug-likeness (QED) is 0.0376. The average Bonchev–Trinajstić information content (AvgIpc) is 3.65. The van der Waals surface area contributed by atoms with Crippen LogP contribution in [-0.2, 0) is 41.6 Å². The Kier molecular flexibility index (Phi) is 17.5. The fourth-order valence-electron chi connectivity index (χ4n) is 6.31. The SMILES string of the molecule is CC(C)C[C@H](NC(=O)[C@H](CCCN=C(N)N)NC(=O)[C@@H]1CCCN1C(=O)[C@H](CO)NC(=O)[C@H](Cc1ccccc1)NC(=O)[C@@H](N)Cc1ccc(O)cc1)C(N)=O. The Morgan fingerprint density at radius 1 is 0.804 bits per heavy atom. The lowest BCUT2D eigenvalue weighted by Crippen LogP contribution is -2.60. The minimum absolute atomic E-state index is 0.0276. The number of nitrogens with one attached hydrogen (secondary N) is 4. The highest BCUT2D eigenvalue weighted by molar-refractivity contribution is 5.97. The second kappa shape index (κ2) is 22.0. The van der Waals surface area contributed by atoms with E-state index in [2.05, 4.69) is 26.3 Å². The summed E-state index contributed by atoms with van der Waals surface area (Å²) in [5.74, 6) is -4.25. The maximum atomic E-state index is 13.9. The van der Waals surface area contributed by atoms with E-state index in [0.717, 1.165) is 0 Å². The summed E-state index contributed by atoms with van der Waals surface area (Å²) in [5, 5.41) is 30.4. The van der Waals surface area contributed by atoms with Crippen LogP contribution in [0.3, 0.4) is 0 Å². The molecule has 0 bridgehead atoms. The zero-order valence-electron chi connectivity index (χ0n) is 31.9. The Hall–Kier alpha value is -5.75. The first-order valence-electron chi connectivity index (χ1n) is 18.6. The van der Waals surface area contributed by atoms with Crippen molar-refractivity contribution in [1.82, 2.24) is 26.2 Å². The molecular formula is C38H56N10O8. The van der Waals surface area contributed by atoms with E-state index >= 15 is 0 Å². The highest BCUT2D eigenvalue weighted by Gasteiger charge is 2.39. The van der Waals surface area contributed by atoms with Gasteiger partial charge in [0.2, 0.25) is 35.4 Å². The van der Waals surface area contributed by atoms with Crippen LogP contribution in [0, 0.1) is 5.92 Å². The summed E-state index contributed by atoms with van der Waals surface area (Å²) in [6.07, 6.45) is 1.45. The summed E-state index contributed by atoms with van der Waals surface area (Å²) in [5.41, 5.74) is 23.9. The Morgan fingerprint density at radius 2 is 1.41 bits per heavy atom. The maximum absolute atomic E-state index is 13.9. The van der Waals surface area contributed by atoms with Crippen molar-refractivity contribution in [2.24, 2.45) is 33.8 Å². The number of likely N-dealkylation sites (tertiary alicyclic amines) is 1. The number of aliphatic imine (C=N–C) groups is 1. The van der Waals surface area contributed by atoms with Gasteiger partial charge in [-0.25, -0.2) is 0 Å². The molecule has 1 aliphatic heterocycles. The molecule has 2 aromatic rings. The number of benzene rings is 2. The number of carbonyl (C=O) groups is 6. The average molecular weight is 781 g/mol. The van der Waals surface area contributed by atoms with Crippen LogP contribution >= 0.6 is 0 Å². The third kappa shape index (κ3) is 14.2. The third-order valence-electron chi connectivity index (χ3n) is 9.23. The summed E-state index contributed by atoms with van der Waals surface area (Å²) in [7, 11) is 0. The Balaban J connectivity index is 1.75. The molecule has 0 aromatic heterocycles. The second-order valence-electron chi connectivity index (χ2n) is 14.3. The fraction of sp³-hybridized carbons (Fsp3) is 0.500. The Labute approximate surface area is 326 Å². The highest BCUT2D eigenvalue weighted by atomic mass is 16.3. The molecule has 6 atom stereocenters. The Bertz CT molecular complexity index is 1670. The number of nitrogens with two attached hydrogens (primary N) is 4. The van der Waals surface area contributed by atoms with E-state index in [-0.39, 0.29) is 69.2 Å². The number of hydrogen-bond donors (Lipinski definition) is 10. The van der Waals surface area contributed by atoms with Gasteiger partial charge in [0.1, 0.15) is 36.0 Å². The number of primary amides is 1. The van der Waals surface area contributed by atoms with E-state index in [0.29, 0.717) is 17.5 Å². The first-order valence-corrected chi connectivity index (χ1v) is 18.6. The van der Waals surface area contributed by atoms with Crippen LogP contribution < -0.4 is 44.2 Å². The molecule has 306 valence electrons. The van der Waals surface area contributed by atoms with E-state index in [1.165, 1.54) is 17.0 Å². The molecule has 0 unspecified atom stereocenters. The van der Waals surface area contributed by atoms with Crippen LogP contribution in [0.25, 0.3) is 0 Å². The van der Waals surface area contributed by atoms with Gasteiger partial charge in [-0.1, -0.05) is 56.3 Å². The van der Waals surface area contributed by atoms with Crippen molar-refractivity contribution in [2.75, 3.05) is 19.7 Å². The number of aromatic hydroxyl groups is 1. The molecule has 0 saturated carbocycles. The molecule has 1 saturated heterocycles. The Morgan fingerprint density at radius 3 is 2.02 bits per heavy atom. The van der Waals surface area contributed by atoms with Crippen molar-refractivity contribution in [2.45, 2.75) is 95.0 Å². The van der Waals surface area contributed by atoms with Gasteiger partial charge in [-0.05, 0) is 67.7 Å². The normalized spacial score (nSPS) is 16.4. The summed E-state index contributed by atoms with van der Waals surface area (Å²) in [6.45, 7) is 3.19. The second-order valence-corrected chi connectivity index (χ2v) is 14.3. The first kappa shape index (κ1) is 44.6. The minimum atomic E-state index is -1.48. The van der Waals surface area contributed by atoms with Crippen LogP contribution in [-0.4, -0.2) is 112 Å². The van der Waals surface area contributed by atoms with Gasteiger partial charge in [-0.15, -0.1) is 0 Å².